The SMILES string of the molecule is [CH]=CC(=O)C/C=C\CC. The highest BCUT2D eigenvalue weighted by molar-refractivity contribution is 5.89. The summed E-state index contributed by atoms with van der Waals surface area (Å²) in [5.74, 6) is -0.0281. The fraction of sp³-hybridized carbons (Fsp3) is 0.375. The van der Waals surface area contributed by atoms with Gasteiger partial charge in [0.05, 0.1) is 0 Å². The number of hydrogen-bond acceptors (Lipinski definition) is 1. The van der Waals surface area contributed by atoms with E-state index in [4.69, 9.17) is 6.58 Å². The molecule has 0 spiro atoms. The second-order valence-corrected chi connectivity index (χ2v) is 1.72. The molecule has 0 aliphatic carbocycles. The first-order valence-electron chi connectivity index (χ1n) is 3.04. The maximum absolute atomic E-state index is 10.5. The zero-order valence-electron chi connectivity index (χ0n) is 5.63. The van der Waals surface area contributed by atoms with Crippen molar-refractivity contribution in [2.75, 3.05) is 0 Å². The molecule has 1 heteroatoms. The quantitative estimate of drug-likeness (QED) is 0.412. The number of ketones is 1. The normalized spacial score (nSPS) is 9.89. The van der Waals surface area contributed by atoms with Gasteiger partial charge in [-0.1, -0.05) is 25.7 Å². The molecular weight excluding hydrogens is 112 g/mol. The van der Waals surface area contributed by atoms with Crippen molar-refractivity contribution in [3.63, 3.8) is 0 Å². The van der Waals surface area contributed by atoms with E-state index in [0.29, 0.717) is 6.42 Å². The van der Waals surface area contributed by atoms with Gasteiger partial charge in [0.15, 0.2) is 5.78 Å². The smallest absolute Gasteiger partial charge is 0.159 e. The summed E-state index contributed by atoms with van der Waals surface area (Å²) in [6, 6.07) is 0. The number of hydrogen-bond donors (Lipinski definition) is 0. The van der Waals surface area contributed by atoms with Crippen LogP contribution in [0.1, 0.15) is 19.8 Å². The average molecular weight is 123 g/mol. The summed E-state index contributed by atoms with van der Waals surface area (Å²) >= 11 is 0. The third-order valence-corrected chi connectivity index (χ3v) is 0.907. The Labute approximate surface area is 56.1 Å². The van der Waals surface area contributed by atoms with E-state index >= 15 is 0 Å². The summed E-state index contributed by atoms with van der Waals surface area (Å²) in [5, 5.41) is 0. The molecule has 0 aromatic rings. The van der Waals surface area contributed by atoms with Gasteiger partial charge in [0.2, 0.25) is 0 Å². The molecule has 0 atom stereocenters. The van der Waals surface area contributed by atoms with Gasteiger partial charge in [-0.05, 0) is 12.5 Å². The minimum atomic E-state index is -0.0281. The van der Waals surface area contributed by atoms with Crippen molar-refractivity contribution < 1.29 is 4.79 Å². The van der Waals surface area contributed by atoms with E-state index in [2.05, 4.69) is 0 Å². The summed E-state index contributed by atoms with van der Waals surface area (Å²) in [6.07, 6.45) is 6.27. The van der Waals surface area contributed by atoms with E-state index in [1.54, 1.807) is 0 Å². The van der Waals surface area contributed by atoms with Crippen LogP contribution in [-0.2, 0) is 4.79 Å². The molecule has 0 heterocycles. The topological polar surface area (TPSA) is 17.1 Å². The summed E-state index contributed by atoms with van der Waals surface area (Å²) in [7, 11) is 0. The largest absolute Gasteiger partial charge is 0.295 e. The monoisotopic (exact) mass is 123 g/mol. The Morgan fingerprint density at radius 2 is 2.22 bits per heavy atom. The van der Waals surface area contributed by atoms with Crippen molar-refractivity contribution >= 4 is 5.78 Å². The standard InChI is InChI=1S/C8H11O/c1-3-5-6-7-8(9)4-2/h2,4-6H,3,7H2,1H3/b4-2?,6-5-. The Hall–Kier alpha value is -0.850. The highest BCUT2D eigenvalue weighted by Crippen LogP contribution is 1.87. The third kappa shape index (κ3) is 5.01. The summed E-state index contributed by atoms with van der Waals surface area (Å²) in [6.45, 7) is 6.97. The van der Waals surface area contributed by atoms with E-state index in [-0.39, 0.29) is 5.78 Å². The molecule has 0 N–H and O–H groups in total. The van der Waals surface area contributed by atoms with E-state index in [1.807, 2.05) is 19.1 Å². The van der Waals surface area contributed by atoms with Crippen LogP contribution in [0.25, 0.3) is 0 Å². The molecule has 0 unspecified atom stereocenters. The summed E-state index contributed by atoms with van der Waals surface area (Å²) < 4.78 is 0. The summed E-state index contributed by atoms with van der Waals surface area (Å²) in [4.78, 5) is 10.5. The maximum atomic E-state index is 10.5. The minimum Gasteiger partial charge on any atom is -0.295 e. The maximum Gasteiger partial charge on any atom is 0.159 e. The van der Waals surface area contributed by atoms with Crippen LogP contribution < -0.4 is 0 Å². The molecule has 1 radical (unpaired) electrons. The second-order valence-electron chi connectivity index (χ2n) is 1.72. The molecule has 0 aliphatic rings. The van der Waals surface area contributed by atoms with Gasteiger partial charge in [0.1, 0.15) is 0 Å². The molecular formula is C8H11O. The Bertz CT molecular complexity index is 123. The summed E-state index contributed by atoms with van der Waals surface area (Å²) in [5.41, 5.74) is 0. The molecule has 0 bridgehead atoms. The van der Waals surface area contributed by atoms with E-state index in [0.717, 1.165) is 12.5 Å². The van der Waals surface area contributed by atoms with Gasteiger partial charge < -0.3 is 0 Å². The van der Waals surface area contributed by atoms with Crippen LogP contribution in [-0.4, -0.2) is 5.78 Å². The Morgan fingerprint density at radius 1 is 1.56 bits per heavy atom. The first-order chi connectivity index (χ1) is 4.31. The van der Waals surface area contributed by atoms with E-state index in [9.17, 15) is 4.79 Å². The zero-order chi connectivity index (χ0) is 7.11. The lowest BCUT2D eigenvalue weighted by Gasteiger charge is -1.82. The highest BCUT2D eigenvalue weighted by atomic mass is 16.1. The van der Waals surface area contributed by atoms with Crippen LogP contribution in [0.2, 0.25) is 0 Å². The minimum absolute atomic E-state index is 0.0281. The molecule has 0 aromatic heterocycles. The van der Waals surface area contributed by atoms with Crippen LogP contribution in [0.3, 0.4) is 0 Å². The third-order valence-electron chi connectivity index (χ3n) is 0.907. The second kappa shape index (κ2) is 5.29. The average Bonchev–Trinajstić information content (AvgIpc) is 1.89. The molecule has 0 saturated carbocycles. The lowest BCUT2D eigenvalue weighted by atomic mass is 10.2. The highest BCUT2D eigenvalue weighted by Gasteiger charge is 1.86. The van der Waals surface area contributed by atoms with E-state index < -0.39 is 0 Å². The first-order valence-corrected chi connectivity index (χ1v) is 3.04. The predicted octanol–water partition coefficient (Wildman–Crippen LogP) is 1.90. The van der Waals surface area contributed by atoms with E-state index in [1.165, 1.54) is 0 Å². The van der Waals surface area contributed by atoms with Crippen molar-refractivity contribution in [1.82, 2.24) is 0 Å². The lowest BCUT2D eigenvalue weighted by molar-refractivity contribution is -0.113. The number of carbonyl (C=O) groups excluding carboxylic acids is 1. The molecule has 9 heavy (non-hydrogen) atoms. The lowest BCUT2D eigenvalue weighted by Crippen LogP contribution is -1.86. The Balaban J connectivity index is 3.37. The van der Waals surface area contributed by atoms with Gasteiger partial charge in [0.25, 0.3) is 0 Å². The number of carbonyl (C=O) groups is 1. The molecule has 0 aliphatic heterocycles. The van der Waals surface area contributed by atoms with Gasteiger partial charge in [-0.3, -0.25) is 4.79 Å². The Morgan fingerprint density at radius 3 is 2.67 bits per heavy atom. The molecule has 0 amide bonds. The van der Waals surface area contributed by atoms with Crippen molar-refractivity contribution in [3.8, 4) is 0 Å². The van der Waals surface area contributed by atoms with Crippen LogP contribution in [0.5, 0.6) is 0 Å². The van der Waals surface area contributed by atoms with Crippen molar-refractivity contribution in [2.24, 2.45) is 0 Å². The molecule has 0 aromatic carbocycles. The van der Waals surface area contributed by atoms with Gasteiger partial charge in [-0.2, -0.15) is 0 Å². The van der Waals surface area contributed by atoms with Crippen LogP contribution in [0.4, 0.5) is 0 Å². The molecule has 1 nitrogen and oxygen atoms in total. The molecule has 0 rings (SSSR count). The predicted molar refractivity (Wildman–Crippen MR) is 37.9 cm³/mol. The first kappa shape index (κ1) is 8.15. The van der Waals surface area contributed by atoms with Crippen molar-refractivity contribution in [1.29, 1.82) is 0 Å². The molecule has 49 valence electrons. The van der Waals surface area contributed by atoms with Gasteiger partial charge in [-0.25, -0.2) is 0 Å². The van der Waals surface area contributed by atoms with Gasteiger partial charge in [0, 0.05) is 6.42 Å². The van der Waals surface area contributed by atoms with Crippen LogP contribution >= 0.6 is 0 Å². The van der Waals surface area contributed by atoms with Crippen LogP contribution in [0.15, 0.2) is 18.2 Å². The Kier molecular flexibility index (Phi) is 4.79. The number of allylic oxidation sites excluding steroid dienone is 3. The molecule has 0 saturated heterocycles. The van der Waals surface area contributed by atoms with Crippen molar-refractivity contribution in [2.45, 2.75) is 19.8 Å². The zero-order valence-corrected chi connectivity index (χ0v) is 5.63. The van der Waals surface area contributed by atoms with Crippen molar-refractivity contribution in [3.05, 3.63) is 24.8 Å². The number of rotatable bonds is 4. The fourth-order valence-corrected chi connectivity index (χ4v) is 0.434. The van der Waals surface area contributed by atoms with Crippen LogP contribution in [0, 0.1) is 6.58 Å². The fourth-order valence-electron chi connectivity index (χ4n) is 0.434. The van der Waals surface area contributed by atoms with Gasteiger partial charge in [-0.15, -0.1) is 0 Å². The molecule has 0 fully saturated rings. The van der Waals surface area contributed by atoms with Gasteiger partial charge >= 0.3 is 0 Å².